The fraction of sp³-hybridized carbons (Fsp3) is 0.357. The summed E-state index contributed by atoms with van der Waals surface area (Å²) < 4.78 is 0. The van der Waals surface area contributed by atoms with Gasteiger partial charge in [0.2, 0.25) is 0 Å². The van der Waals surface area contributed by atoms with Gasteiger partial charge in [-0.05, 0) is 43.0 Å². The van der Waals surface area contributed by atoms with E-state index < -0.39 is 0 Å². The maximum Gasteiger partial charge on any atom is 0.129 e. The number of hydrogen-bond donors (Lipinski definition) is 1. The van der Waals surface area contributed by atoms with Crippen LogP contribution in [0.15, 0.2) is 35.8 Å². The summed E-state index contributed by atoms with van der Waals surface area (Å²) in [5.41, 5.74) is 7.05. The topological polar surface area (TPSA) is 42.1 Å². The molecule has 0 saturated heterocycles. The zero-order valence-corrected chi connectivity index (χ0v) is 11.7. The standard InChI is InChI=1S/C14H19N3S/c1-3-17(10-13-5-4-8-18-13)14-9-12(11(2)15)6-7-16-14/h4-9,11H,3,10,15H2,1-2H3. The number of nitrogens with zero attached hydrogens (tertiary/aromatic N) is 2. The molecule has 0 fully saturated rings. The van der Waals surface area contributed by atoms with Crippen LogP contribution in [0, 0.1) is 0 Å². The lowest BCUT2D eigenvalue weighted by Crippen LogP contribution is -2.23. The van der Waals surface area contributed by atoms with Gasteiger partial charge in [0.25, 0.3) is 0 Å². The fourth-order valence-corrected chi connectivity index (χ4v) is 2.56. The van der Waals surface area contributed by atoms with Crippen molar-refractivity contribution in [1.82, 2.24) is 4.98 Å². The van der Waals surface area contributed by atoms with E-state index in [1.807, 2.05) is 19.2 Å². The molecule has 0 spiro atoms. The SMILES string of the molecule is CCN(Cc1cccs1)c1cc(C(C)N)ccn1. The molecular formula is C14H19N3S. The predicted molar refractivity (Wildman–Crippen MR) is 77.9 cm³/mol. The molecule has 1 unspecified atom stereocenters. The Bertz CT molecular complexity index is 480. The largest absolute Gasteiger partial charge is 0.352 e. The minimum Gasteiger partial charge on any atom is -0.352 e. The zero-order chi connectivity index (χ0) is 13.0. The molecular weight excluding hydrogens is 242 g/mol. The molecule has 0 aliphatic rings. The van der Waals surface area contributed by atoms with Gasteiger partial charge < -0.3 is 10.6 Å². The number of pyridine rings is 1. The van der Waals surface area contributed by atoms with Crippen molar-refractivity contribution in [2.75, 3.05) is 11.4 Å². The summed E-state index contributed by atoms with van der Waals surface area (Å²) in [7, 11) is 0. The van der Waals surface area contributed by atoms with E-state index in [-0.39, 0.29) is 6.04 Å². The first-order chi connectivity index (χ1) is 8.70. The highest BCUT2D eigenvalue weighted by Gasteiger charge is 2.09. The summed E-state index contributed by atoms with van der Waals surface area (Å²) in [5, 5.41) is 2.11. The van der Waals surface area contributed by atoms with Gasteiger partial charge in [0.05, 0.1) is 6.54 Å². The molecule has 1 atom stereocenters. The number of anilines is 1. The summed E-state index contributed by atoms with van der Waals surface area (Å²) in [4.78, 5) is 8.06. The highest BCUT2D eigenvalue weighted by Crippen LogP contribution is 2.20. The van der Waals surface area contributed by atoms with Gasteiger partial charge in [0, 0.05) is 23.7 Å². The number of hydrogen-bond acceptors (Lipinski definition) is 4. The van der Waals surface area contributed by atoms with Crippen LogP contribution < -0.4 is 10.6 Å². The Labute approximate surface area is 112 Å². The van der Waals surface area contributed by atoms with E-state index >= 15 is 0 Å². The van der Waals surface area contributed by atoms with Crippen molar-refractivity contribution in [2.45, 2.75) is 26.4 Å². The van der Waals surface area contributed by atoms with Crippen molar-refractivity contribution in [3.8, 4) is 0 Å². The second-order valence-corrected chi connectivity index (χ2v) is 5.36. The number of thiophene rings is 1. The lowest BCUT2D eigenvalue weighted by molar-refractivity contribution is 0.794. The lowest BCUT2D eigenvalue weighted by atomic mass is 10.1. The van der Waals surface area contributed by atoms with Gasteiger partial charge >= 0.3 is 0 Å². The normalized spacial score (nSPS) is 12.4. The summed E-state index contributed by atoms with van der Waals surface area (Å²) in [6.45, 7) is 5.99. The van der Waals surface area contributed by atoms with Crippen molar-refractivity contribution < 1.29 is 0 Å². The average Bonchev–Trinajstić information content (AvgIpc) is 2.89. The molecule has 0 bridgehead atoms. The molecule has 2 aromatic heterocycles. The highest BCUT2D eigenvalue weighted by atomic mass is 32.1. The molecule has 0 saturated carbocycles. The molecule has 0 amide bonds. The van der Waals surface area contributed by atoms with E-state index in [9.17, 15) is 0 Å². The Morgan fingerprint density at radius 1 is 1.44 bits per heavy atom. The first kappa shape index (κ1) is 13.1. The van der Waals surface area contributed by atoms with Crippen LogP contribution in [0.1, 0.15) is 30.3 Å². The summed E-state index contributed by atoms with van der Waals surface area (Å²) in [6, 6.07) is 8.35. The van der Waals surface area contributed by atoms with E-state index in [4.69, 9.17) is 5.73 Å². The molecule has 18 heavy (non-hydrogen) atoms. The van der Waals surface area contributed by atoms with Crippen LogP contribution in [0.2, 0.25) is 0 Å². The Kier molecular flexibility index (Phi) is 4.33. The van der Waals surface area contributed by atoms with Crippen molar-refractivity contribution in [3.63, 3.8) is 0 Å². The Hall–Kier alpha value is -1.39. The average molecular weight is 261 g/mol. The smallest absolute Gasteiger partial charge is 0.129 e. The van der Waals surface area contributed by atoms with Crippen molar-refractivity contribution in [1.29, 1.82) is 0 Å². The lowest BCUT2D eigenvalue weighted by Gasteiger charge is -2.22. The van der Waals surface area contributed by atoms with Crippen molar-refractivity contribution >= 4 is 17.2 Å². The third-order valence-electron chi connectivity index (χ3n) is 2.93. The molecule has 0 aromatic carbocycles. The second kappa shape index (κ2) is 5.98. The maximum atomic E-state index is 5.92. The molecule has 2 aromatic rings. The third kappa shape index (κ3) is 3.09. The summed E-state index contributed by atoms with van der Waals surface area (Å²) in [5.74, 6) is 1.00. The Morgan fingerprint density at radius 2 is 2.28 bits per heavy atom. The van der Waals surface area contributed by atoms with Crippen molar-refractivity contribution in [3.05, 3.63) is 46.3 Å². The third-order valence-corrected chi connectivity index (χ3v) is 3.79. The van der Waals surface area contributed by atoms with Crippen molar-refractivity contribution in [2.24, 2.45) is 5.73 Å². The van der Waals surface area contributed by atoms with Crippen LogP contribution in [-0.4, -0.2) is 11.5 Å². The van der Waals surface area contributed by atoms with Gasteiger partial charge in [0.15, 0.2) is 0 Å². The van der Waals surface area contributed by atoms with Gasteiger partial charge in [-0.1, -0.05) is 6.07 Å². The zero-order valence-electron chi connectivity index (χ0n) is 10.8. The molecule has 4 heteroatoms. The van der Waals surface area contributed by atoms with E-state index in [1.54, 1.807) is 11.3 Å². The monoisotopic (exact) mass is 261 g/mol. The summed E-state index contributed by atoms with van der Waals surface area (Å²) in [6.07, 6.45) is 1.84. The van der Waals surface area contributed by atoms with Crippen LogP contribution in [0.25, 0.3) is 0 Å². The summed E-state index contributed by atoms with van der Waals surface area (Å²) >= 11 is 1.78. The number of aromatic nitrogens is 1. The quantitative estimate of drug-likeness (QED) is 0.898. The van der Waals surface area contributed by atoms with Crippen LogP contribution >= 0.6 is 11.3 Å². The van der Waals surface area contributed by atoms with E-state index in [0.717, 1.165) is 24.5 Å². The Balaban J connectivity index is 2.19. The van der Waals surface area contributed by atoms with Crippen LogP contribution in [0.4, 0.5) is 5.82 Å². The minimum absolute atomic E-state index is 0.0483. The molecule has 2 rings (SSSR count). The van der Waals surface area contributed by atoms with Crippen LogP contribution in [0.5, 0.6) is 0 Å². The van der Waals surface area contributed by atoms with E-state index in [2.05, 4.69) is 40.4 Å². The van der Waals surface area contributed by atoms with Gasteiger partial charge in [-0.15, -0.1) is 11.3 Å². The molecule has 0 aliphatic heterocycles. The van der Waals surface area contributed by atoms with Gasteiger partial charge in [-0.2, -0.15) is 0 Å². The second-order valence-electron chi connectivity index (χ2n) is 4.33. The van der Waals surface area contributed by atoms with E-state index in [0.29, 0.717) is 0 Å². The Morgan fingerprint density at radius 3 is 2.89 bits per heavy atom. The molecule has 0 aliphatic carbocycles. The fourth-order valence-electron chi connectivity index (χ4n) is 1.84. The molecule has 2 N–H and O–H groups in total. The molecule has 0 radical (unpaired) electrons. The van der Waals surface area contributed by atoms with Crippen LogP contribution in [-0.2, 0) is 6.54 Å². The van der Waals surface area contributed by atoms with Gasteiger partial charge in [-0.25, -0.2) is 4.98 Å². The van der Waals surface area contributed by atoms with E-state index in [1.165, 1.54) is 4.88 Å². The maximum absolute atomic E-state index is 5.92. The highest BCUT2D eigenvalue weighted by molar-refractivity contribution is 7.09. The molecule has 2 heterocycles. The molecule has 96 valence electrons. The predicted octanol–water partition coefficient (Wildman–Crippen LogP) is 3.19. The number of nitrogens with two attached hydrogens (primary N) is 1. The number of rotatable bonds is 5. The first-order valence-electron chi connectivity index (χ1n) is 6.19. The van der Waals surface area contributed by atoms with Gasteiger partial charge in [-0.3, -0.25) is 0 Å². The minimum atomic E-state index is 0.0483. The van der Waals surface area contributed by atoms with Gasteiger partial charge in [0.1, 0.15) is 5.82 Å². The first-order valence-corrected chi connectivity index (χ1v) is 7.07. The van der Waals surface area contributed by atoms with Crippen LogP contribution in [0.3, 0.4) is 0 Å². The molecule has 3 nitrogen and oxygen atoms in total.